The zero-order chi connectivity index (χ0) is 16.4. The number of hydrogen-bond donors (Lipinski definition) is 2. The van der Waals surface area contributed by atoms with E-state index in [0.717, 1.165) is 0 Å². The first-order valence-electron chi connectivity index (χ1n) is 6.88. The van der Waals surface area contributed by atoms with Gasteiger partial charge < -0.3 is 19.0 Å². The lowest BCUT2D eigenvalue weighted by Gasteiger charge is -2.44. The van der Waals surface area contributed by atoms with E-state index in [9.17, 15) is 19.1 Å². The monoisotopic (exact) mass is 324 g/mol. The molecule has 7 heteroatoms. The van der Waals surface area contributed by atoms with Crippen LogP contribution in [-0.4, -0.2) is 29.2 Å². The van der Waals surface area contributed by atoms with Gasteiger partial charge in [0.2, 0.25) is 0 Å². The van der Waals surface area contributed by atoms with E-state index >= 15 is 0 Å². The Hall–Kier alpha value is -0.00312. The molecule has 0 heterocycles. The summed E-state index contributed by atoms with van der Waals surface area (Å²) in [4.78, 5) is 30.3. The predicted octanol–water partition coefficient (Wildman–Crippen LogP) is 3.66. The van der Waals surface area contributed by atoms with E-state index < -0.39 is 21.3 Å². The molecule has 1 unspecified atom stereocenters. The van der Waals surface area contributed by atoms with E-state index in [1.54, 1.807) is 0 Å². The van der Waals surface area contributed by atoms with Crippen LogP contribution in [0.4, 0.5) is 0 Å². The van der Waals surface area contributed by atoms with Crippen molar-refractivity contribution in [2.45, 2.75) is 77.4 Å². The third kappa shape index (κ3) is 5.41. The van der Waals surface area contributed by atoms with Gasteiger partial charge in [0.25, 0.3) is 0 Å². The first-order chi connectivity index (χ1) is 8.62. The van der Waals surface area contributed by atoms with Gasteiger partial charge >= 0.3 is 7.60 Å². The maximum atomic E-state index is 11.8. The lowest BCUT2D eigenvalue weighted by atomic mass is 10.1. The van der Waals surface area contributed by atoms with Crippen LogP contribution in [-0.2, 0) is 13.8 Å². The molecule has 0 aromatic heterocycles. The highest BCUT2D eigenvalue weighted by Gasteiger charge is 2.50. The van der Waals surface area contributed by atoms with Gasteiger partial charge in [-0.05, 0) is 44.8 Å². The minimum atomic E-state index is -4.41. The van der Waals surface area contributed by atoms with Gasteiger partial charge in [-0.1, -0.05) is 20.8 Å². The second kappa shape index (κ2) is 6.40. The lowest BCUT2D eigenvalue weighted by molar-refractivity contribution is -0.117. The fourth-order valence-electron chi connectivity index (χ4n) is 1.62. The van der Waals surface area contributed by atoms with Crippen LogP contribution in [0.15, 0.2) is 0 Å². The molecule has 0 saturated heterocycles. The van der Waals surface area contributed by atoms with Crippen LogP contribution in [0.2, 0.25) is 18.1 Å². The van der Waals surface area contributed by atoms with E-state index in [4.69, 9.17) is 4.43 Å². The summed E-state index contributed by atoms with van der Waals surface area (Å²) in [7, 11) is -6.72. The standard InChI is InChI=1S/C13H29O5PSi/c1-11(14)9-8-10-13(5,19(15,16)17)18-20(6,7)12(2,3)4/h8-10H2,1-7H3,(H2,15,16,17). The SMILES string of the molecule is CC(=O)CCCC(C)(O[Si](C)(C)C(C)(C)C)P(=O)(O)O. The van der Waals surface area contributed by atoms with Gasteiger partial charge in [0.05, 0.1) is 0 Å². The molecule has 0 aromatic rings. The normalized spacial score (nSPS) is 16.9. The van der Waals surface area contributed by atoms with E-state index in [1.807, 2.05) is 33.9 Å². The second-order valence-electron chi connectivity index (χ2n) is 7.14. The summed E-state index contributed by atoms with van der Waals surface area (Å²) in [6, 6.07) is 0. The maximum absolute atomic E-state index is 11.8. The van der Waals surface area contributed by atoms with Crippen molar-refractivity contribution >= 4 is 21.7 Å². The molecule has 120 valence electrons. The molecule has 1 atom stereocenters. The lowest BCUT2D eigenvalue weighted by Crippen LogP contribution is -2.48. The minimum Gasteiger partial charge on any atom is -0.401 e. The van der Waals surface area contributed by atoms with Crippen LogP contribution in [0.1, 0.15) is 53.9 Å². The summed E-state index contributed by atoms with van der Waals surface area (Å²) in [5.41, 5.74) is 0. The Kier molecular flexibility index (Phi) is 6.40. The van der Waals surface area contributed by atoms with Crippen LogP contribution in [0, 0.1) is 0 Å². The molecule has 0 saturated carbocycles. The number of ketones is 1. The molecule has 0 fully saturated rings. The molecule has 5 nitrogen and oxygen atoms in total. The number of hydrogen-bond acceptors (Lipinski definition) is 3. The number of carbonyl (C=O) groups is 1. The van der Waals surface area contributed by atoms with Crippen molar-refractivity contribution in [2.75, 3.05) is 0 Å². The molecule has 2 N–H and O–H groups in total. The highest BCUT2D eigenvalue weighted by atomic mass is 31.2. The fourth-order valence-corrected chi connectivity index (χ4v) is 4.74. The van der Waals surface area contributed by atoms with Gasteiger partial charge in [-0.3, -0.25) is 4.57 Å². The first kappa shape index (κ1) is 20.0. The minimum absolute atomic E-state index is 0.0189. The van der Waals surface area contributed by atoms with Gasteiger partial charge in [-0.25, -0.2) is 0 Å². The van der Waals surface area contributed by atoms with Crippen LogP contribution in [0.25, 0.3) is 0 Å². The molecule has 0 aliphatic rings. The summed E-state index contributed by atoms with van der Waals surface area (Å²) in [5.74, 6) is 0.0189. The first-order valence-corrected chi connectivity index (χ1v) is 11.4. The second-order valence-corrected chi connectivity index (χ2v) is 13.9. The molecule has 0 aliphatic heterocycles. The maximum Gasteiger partial charge on any atom is 0.355 e. The van der Waals surface area contributed by atoms with Crippen molar-refractivity contribution in [3.63, 3.8) is 0 Å². The fraction of sp³-hybridized carbons (Fsp3) is 0.923. The quantitative estimate of drug-likeness (QED) is 0.551. The molecule has 0 bridgehead atoms. The molecule has 0 aliphatic carbocycles. The number of carbonyl (C=O) groups excluding carboxylic acids is 1. The van der Waals surface area contributed by atoms with Gasteiger partial charge in [0.15, 0.2) is 13.7 Å². The van der Waals surface area contributed by atoms with Gasteiger partial charge in [0, 0.05) is 6.42 Å². The highest BCUT2D eigenvalue weighted by Crippen LogP contribution is 2.56. The average molecular weight is 324 g/mol. The molecule has 0 aromatic carbocycles. The Bertz CT molecular complexity index is 396. The molecule has 0 radical (unpaired) electrons. The molecular formula is C13H29O5PSi. The van der Waals surface area contributed by atoms with E-state index in [2.05, 4.69) is 0 Å². The third-order valence-corrected chi connectivity index (χ3v) is 10.4. The Morgan fingerprint density at radius 3 is 1.95 bits per heavy atom. The van der Waals surface area contributed by atoms with Crippen molar-refractivity contribution in [3.05, 3.63) is 0 Å². The third-order valence-electron chi connectivity index (χ3n) is 4.07. The summed E-state index contributed by atoms with van der Waals surface area (Å²) in [6.07, 6.45) is 0.922. The number of rotatable bonds is 7. The van der Waals surface area contributed by atoms with Crippen molar-refractivity contribution in [1.82, 2.24) is 0 Å². The Morgan fingerprint density at radius 2 is 1.65 bits per heavy atom. The van der Waals surface area contributed by atoms with Crippen molar-refractivity contribution in [2.24, 2.45) is 0 Å². The zero-order valence-electron chi connectivity index (χ0n) is 13.7. The Balaban J connectivity index is 5.18. The molecule has 0 rings (SSSR count). The Labute approximate surface area is 123 Å². The number of Topliss-reactive ketones (excluding diaryl/α,β-unsaturated/α-hetero) is 1. The predicted molar refractivity (Wildman–Crippen MR) is 83.3 cm³/mol. The molecule has 0 spiro atoms. The summed E-state index contributed by atoms with van der Waals surface area (Å²) >= 11 is 0. The van der Waals surface area contributed by atoms with E-state index in [1.165, 1.54) is 13.8 Å². The van der Waals surface area contributed by atoms with Crippen LogP contribution in [0.3, 0.4) is 0 Å². The summed E-state index contributed by atoms with van der Waals surface area (Å²) in [5, 5.41) is -1.64. The highest BCUT2D eigenvalue weighted by molar-refractivity contribution is 7.53. The van der Waals surface area contributed by atoms with Crippen molar-refractivity contribution < 1.29 is 23.6 Å². The van der Waals surface area contributed by atoms with E-state index in [-0.39, 0.29) is 17.2 Å². The van der Waals surface area contributed by atoms with Gasteiger partial charge in [-0.15, -0.1) is 0 Å². The smallest absolute Gasteiger partial charge is 0.355 e. The van der Waals surface area contributed by atoms with Crippen LogP contribution < -0.4 is 0 Å². The summed E-state index contributed by atoms with van der Waals surface area (Å²) < 4.78 is 17.8. The van der Waals surface area contributed by atoms with E-state index in [0.29, 0.717) is 12.8 Å². The van der Waals surface area contributed by atoms with Crippen LogP contribution in [0.5, 0.6) is 0 Å². The summed E-state index contributed by atoms with van der Waals surface area (Å²) in [6.45, 7) is 12.9. The molecule has 20 heavy (non-hydrogen) atoms. The zero-order valence-corrected chi connectivity index (χ0v) is 15.6. The topological polar surface area (TPSA) is 83.8 Å². The van der Waals surface area contributed by atoms with Crippen LogP contribution >= 0.6 is 7.60 Å². The van der Waals surface area contributed by atoms with Gasteiger partial charge in [0.1, 0.15) is 5.78 Å². The molecule has 0 amide bonds. The molecular weight excluding hydrogens is 295 g/mol. The Morgan fingerprint density at radius 1 is 1.20 bits per heavy atom. The van der Waals surface area contributed by atoms with Crippen molar-refractivity contribution in [1.29, 1.82) is 0 Å². The van der Waals surface area contributed by atoms with Gasteiger partial charge in [-0.2, -0.15) is 0 Å². The largest absolute Gasteiger partial charge is 0.401 e. The van der Waals surface area contributed by atoms with Crippen molar-refractivity contribution in [3.8, 4) is 0 Å². The average Bonchev–Trinajstić information content (AvgIpc) is 2.11.